The van der Waals surface area contributed by atoms with Gasteiger partial charge in [-0.25, -0.2) is 4.98 Å². The number of Topliss-reactive ketones (excluding diaryl/α,β-unsaturated/α-hetero) is 1. The van der Waals surface area contributed by atoms with E-state index in [0.717, 1.165) is 16.9 Å². The topological polar surface area (TPSA) is 83.8 Å². The maximum absolute atomic E-state index is 13.6. The number of fused-ring (bicyclic) bond motifs is 1. The molecule has 0 aliphatic carbocycles. The minimum atomic E-state index is -0.734. The molecule has 1 saturated heterocycles. The lowest BCUT2D eigenvalue weighted by molar-refractivity contribution is -0.379. The van der Waals surface area contributed by atoms with Crippen molar-refractivity contribution in [2.75, 3.05) is 6.54 Å². The minimum absolute atomic E-state index is 0.000393. The molecule has 2 atom stereocenters. The number of H-pyrrole nitrogens is 1. The van der Waals surface area contributed by atoms with Crippen LogP contribution in [0.4, 0.5) is 0 Å². The lowest BCUT2D eigenvalue weighted by Crippen LogP contribution is -2.32. The van der Waals surface area contributed by atoms with Crippen LogP contribution in [0, 0.1) is 0 Å². The molecule has 1 amide bonds. The van der Waals surface area contributed by atoms with Crippen LogP contribution in [0.3, 0.4) is 0 Å². The van der Waals surface area contributed by atoms with E-state index in [9.17, 15) is 14.7 Å². The fourth-order valence-electron chi connectivity index (χ4n) is 4.64. The number of rotatable bonds is 5. The van der Waals surface area contributed by atoms with Crippen molar-refractivity contribution in [3.63, 3.8) is 0 Å². The van der Waals surface area contributed by atoms with E-state index in [1.165, 1.54) is 4.90 Å². The molecule has 5 rings (SSSR count). The van der Waals surface area contributed by atoms with E-state index in [4.69, 9.17) is 4.74 Å². The molecule has 33 heavy (non-hydrogen) atoms. The molecule has 1 N–H and O–H groups in total. The average molecular weight is 440 g/mol. The maximum atomic E-state index is 13.6. The number of benzene rings is 2. The van der Waals surface area contributed by atoms with Gasteiger partial charge in [0.2, 0.25) is 5.78 Å². The molecule has 1 aromatic heterocycles. The van der Waals surface area contributed by atoms with Crippen LogP contribution in [0.15, 0.2) is 78.6 Å². The molecule has 1 fully saturated rings. The third-order valence-corrected chi connectivity index (χ3v) is 6.22. The van der Waals surface area contributed by atoms with Crippen molar-refractivity contribution in [2.45, 2.75) is 31.9 Å². The van der Waals surface area contributed by atoms with Gasteiger partial charge in [-0.15, -0.1) is 0 Å². The van der Waals surface area contributed by atoms with Gasteiger partial charge in [0.25, 0.3) is 5.91 Å². The molecule has 2 aliphatic heterocycles. The van der Waals surface area contributed by atoms with Gasteiger partial charge in [0.05, 0.1) is 6.04 Å². The average Bonchev–Trinajstić information content (AvgIpc) is 3.34. The summed E-state index contributed by atoms with van der Waals surface area (Å²) in [5.41, 5.74) is 3.10. The first-order valence-corrected chi connectivity index (χ1v) is 11.1. The van der Waals surface area contributed by atoms with E-state index in [0.29, 0.717) is 30.5 Å². The molecule has 0 saturated carbocycles. The van der Waals surface area contributed by atoms with Gasteiger partial charge in [-0.1, -0.05) is 42.2 Å². The summed E-state index contributed by atoms with van der Waals surface area (Å²) in [6.07, 6.45) is 4.83. The van der Waals surface area contributed by atoms with Crippen LogP contribution in [0.1, 0.15) is 35.2 Å². The van der Waals surface area contributed by atoms with E-state index in [1.807, 2.05) is 43.3 Å². The molecule has 0 spiro atoms. The smallest absolute Gasteiger partial charge is 0.295 e. The Labute approximate surface area is 192 Å². The number of aromatic nitrogens is 1. The third-order valence-electron chi connectivity index (χ3n) is 6.22. The molecule has 166 valence electrons. The van der Waals surface area contributed by atoms with Crippen molar-refractivity contribution in [1.82, 2.24) is 4.90 Å². The number of ether oxygens (including phenoxy) is 1. The summed E-state index contributed by atoms with van der Waals surface area (Å²) in [6, 6.07) is 17.9. The summed E-state index contributed by atoms with van der Waals surface area (Å²) in [7, 11) is 0. The van der Waals surface area contributed by atoms with Crippen LogP contribution in [-0.2, 0) is 22.4 Å². The number of ketones is 1. The molecule has 2 aromatic carbocycles. The van der Waals surface area contributed by atoms with E-state index < -0.39 is 23.5 Å². The summed E-state index contributed by atoms with van der Waals surface area (Å²) in [5.74, 6) is -1.02. The quantitative estimate of drug-likeness (QED) is 0.346. The molecule has 6 nitrogen and oxygen atoms in total. The second kappa shape index (κ2) is 8.54. The number of carbonyl (C=O) groups is 2. The second-order valence-corrected chi connectivity index (χ2v) is 8.50. The normalized spacial score (nSPS) is 21.2. The number of pyridine rings is 1. The summed E-state index contributed by atoms with van der Waals surface area (Å²) in [4.78, 5) is 30.7. The molecule has 2 unspecified atom stereocenters. The van der Waals surface area contributed by atoms with Gasteiger partial charge in [-0.05, 0) is 48.2 Å². The van der Waals surface area contributed by atoms with Gasteiger partial charge in [0.15, 0.2) is 12.4 Å². The highest BCUT2D eigenvalue weighted by Gasteiger charge is 2.44. The first-order valence-electron chi connectivity index (χ1n) is 11.1. The van der Waals surface area contributed by atoms with E-state index >= 15 is 0 Å². The Hall–Kier alpha value is -3.93. The standard InChI is InChI=1S/C27H24N2O4/c1-17-14-21-15-19(9-10-22(21)33-17)25(30)23-24(20-8-5-12-28-16-20)29(27(32)26(23)31)13-11-18-6-3-2-4-7-18/h2-10,12,15-17,24,30H,11,13-14H2,1H3. The molecular formula is C27H24N2O4. The Morgan fingerprint density at radius 1 is 1.12 bits per heavy atom. The third kappa shape index (κ3) is 3.89. The van der Waals surface area contributed by atoms with Gasteiger partial charge in [0, 0.05) is 30.2 Å². The van der Waals surface area contributed by atoms with Crippen LogP contribution < -0.4 is 14.8 Å². The fourth-order valence-corrected chi connectivity index (χ4v) is 4.64. The zero-order valence-corrected chi connectivity index (χ0v) is 18.3. The largest absolute Gasteiger partial charge is 0.872 e. The Bertz CT molecular complexity index is 1240. The van der Waals surface area contributed by atoms with Crippen LogP contribution >= 0.6 is 0 Å². The van der Waals surface area contributed by atoms with Crippen LogP contribution in [0.2, 0.25) is 0 Å². The minimum Gasteiger partial charge on any atom is -0.872 e. The number of nitrogens with one attached hydrogen (secondary N) is 1. The van der Waals surface area contributed by atoms with Gasteiger partial charge in [0.1, 0.15) is 11.9 Å². The van der Waals surface area contributed by atoms with Crippen molar-refractivity contribution < 1.29 is 24.4 Å². The van der Waals surface area contributed by atoms with Crippen LogP contribution in [0.5, 0.6) is 5.75 Å². The summed E-state index contributed by atoms with van der Waals surface area (Å²) >= 11 is 0. The number of nitrogens with zero attached hydrogens (tertiary/aromatic N) is 1. The SMILES string of the molecule is CC1Cc2cc(C([O-])=C3C(=O)C(=O)N(CCc4ccccc4)C3c3ccc[nH+]c3)ccc2O1. The zero-order chi connectivity index (χ0) is 22.9. The van der Waals surface area contributed by atoms with Crippen LogP contribution in [-0.4, -0.2) is 29.2 Å². The Kier molecular flexibility index (Phi) is 5.42. The fraction of sp³-hybridized carbons (Fsp3) is 0.222. The highest BCUT2D eigenvalue weighted by molar-refractivity contribution is 6.46. The van der Waals surface area contributed by atoms with Gasteiger partial charge in [-0.2, -0.15) is 0 Å². The van der Waals surface area contributed by atoms with Crippen molar-refractivity contribution in [1.29, 1.82) is 0 Å². The Morgan fingerprint density at radius 2 is 1.94 bits per heavy atom. The first kappa shape index (κ1) is 20.9. The molecule has 3 heterocycles. The number of likely N-dealkylation sites (tertiary alicyclic amines) is 1. The molecule has 0 bridgehead atoms. The summed E-state index contributed by atoms with van der Waals surface area (Å²) in [5, 5.41) is 13.6. The second-order valence-electron chi connectivity index (χ2n) is 8.50. The maximum Gasteiger partial charge on any atom is 0.295 e. The monoisotopic (exact) mass is 440 g/mol. The highest BCUT2D eigenvalue weighted by atomic mass is 16.5. The number of hydrogen-bond donors (Lipinski definition) is 0. The lowest BCUT2D eigenvalue weighted by Gasteiger charge is -2.26. The van der Waals surface area contributed by atoms with Gasteiger partial charge >= 0.3 is 0 Å². The van der Waals surface area contributed by atoms with Crippen molar-refractivity contribution in [3.05, 3.63) is 101 Å². The van der Waals surface area contributed by atoms with E-state index in [-0.39, 0.29) is 11.7 Å². The molecule has 2 aliphatic rings. The lowest BCUT2D eigenvalue weighted by atomic mass is 9.95. The summed E-state index contributed by atoms with van der Waals surface area (Å²) < 4.78 is 5.74. The zero-order valence-electron chi connectivity index (χ0n) is 18.3. The van der Waals surface area contributed by atoms with Crippen LogP contribution in [0.25, 0.3) is 5.76 Å². The number of amides is 1. The molecule has 0 radical (unpaired) electrons. The van der Waals surface area contributed by atoms with Gasteiger partial charge in [-0.3, -0.25) is 9.59 Å². The Balaban J connectivity index is 1.56. The van der Waals surface area contributed by atoms with E-state index in [2.05, 4.69) is 4.98 Å². The summed E-state index contributed by atoms with van der Waals surface area (Å²) in [6.45, 7) is 2.31. The van der Waals surface area contributed by atoms with E-state index in [1.54, 1.807) is 36.7 Å². The van der Waals surface area contributed by atoms with Crippen molar-refractivity contribution >= 4 is 17.4 Å². The molecular weight excluding hydrogens is 416 g/mol. The molecule has 3 aromatic rings. The predicted molar refractivity (Wildman–Crippen MR) is 120 cm³/mol. The molecule has 6 heteroatoms. The predicted octanol–water partition coefficient (Wildman–Crippen LogP) is 2.29. The Morgan fingerprint density at radius 3 is 2.70 bits per heavy atom. The first-order chi connectivity index (χ1) is 16.0. The number of aromatic amines is 1. The van der Waals surface area contributed by atoms with Crippen molar-refractivity contribution in [2.24, 2.45) is 0 Å². The number of hydrogen-bond acceptors (Lipinski definition) is 4. The number of carbonyl (C=O) groups excluding carboxylic acids is 2. The highest BCUT2D eigenvalue weighted by Crippen LogP contribution is 2.39. The van der Waals surface area contributed by atoms with Gasteiger partial charge < -0.3 is 14.7 Å². The van der Waals surface area contributed by atoms with Crippen molar-refractivity contribution in [3.8, 4) is 5.75 Å².